The van der Waals surface area contributed by atoms with Crippen molar-refractivity contribution in [2.24, 2.45) is 0 Å². The number of phenolic OH excluding ortho intramolecular Hbond substituents is 1. The summed E-state index contributed by atoms with van der Waals surface area (Å²) in [5.74, 6) is -1.33. The minimum Gasteiger partial charge on any atom is -0.507 e. The van der Waals surface area contributed by atoms with E-state index in [-0.39, 0.29) is 11.3 Å². The van der Waals surface area contributed by atoms with E-state index in [1.807, 2.05) is 7.05 Å². The summed E-state index contributed by atoms with van der Waals surface area (Å²) < 4.78 is 12.8. The summed E-state index contributed by atoms with van der Waals surface area (Å²) >= 11 is 0. The second-order valence-corrected chi connectivity index (χ2v) is 4.39. The van der Waals surface area contributed by atoms with Gasteiger partial charge in [-0.3, -0.25) is 10.2 Å². The molecule has 1 heterocycles. The molecule has 2 rings (SSSR count). The lowest BCUT2D eigenvalue weighted by Gasteiger charge is -2.32. The first kappa shape index (κ1) is 12.8. The van der Waals surface area contributed by atoms with Crippen molar-refractivity contribution < 1.29 is 14.3 Å². The van der Waals surface area contributed by atoms with Gasteiger partial charge in [0.15, 0.2) is 0 Å². The molecule has 0 saturated carbocycles. The molecule has 1 aliphatic heterocycles. The third-order valence-electron chi connectivity index (χ3n) is 2.97. The van der Waals surface area contributed by atoms with Crippen LogP contribution in [0, 0.1) is 5.82 Å². The van der Waals surface area contributed by atoms with Crippen LogP contribution in [-0.4, -0.2) is 54.1 Å². The number of amides is 1. The van der Waals surface area contributed by atoms with Crippen LogP contribution < -0.4 is 5.43 Å². The van der Waals surface area contributed by atoms with Gasteiger partial charge in [-0.1, -0.05) is 0 Å². The Labute approximate surface area is 105 Å². The number of carbonyl (C=O) groups is 1. The van der Waals surface area contributed by atoms with Crippen LogP contribution in [0.5, 0.6) is 5.75 Å². The molecular formula is C12H16FN3O2. The third kappa shape index (κ3) is 2.96. The van der Waals surface area contributed by atoms with Gasteiger partial charge < -0.3 is 10.0 Å². The molecule has 0 unspecified atom stereocenters. The van der Waals surface area contributed by atoms with E-state index >= 15 is 0 Å². The molecule has 5 nitrogen and oxygen atoms in total. The quantitative estimate of drug-likeness (QED) is 0.802. The molecule has 1 aromatic rings. The molecule has 1 aromatic carbocycles. The fraction of sp³-hybridized carbons (Fsp3) is 0.417. The number of carbonyl (C=O) groups excluding carboxylic acids is 1. The van der Waals surface area contributed by atoms with Crippen LogP contribution in [0.2, 0.25) is 0 Å². The topological polar surface area (TPSA) is 55.8 Å². The van der Waals surface area contributed by atoms with Crippen molar-refractivity contribution in [3.8, 4) is 5.75 Å². The van der Waals surface area contributed by atoms with Gasteiger partial charge in [0.1, 0.15) is 11.6 Å². The van der Waals surface area contributed by atoms with Crippen molar-refractivity contribution >= 4 is 5.91 Å². The van der Waals surface area contributed by atoms with Gasteiger partial charge in [0.2, 0.25) is 0 Å². The molecule has 0 atom stereocenters. The smallest absolute Gasteiger partial charge is 0.269 e. The molecule has 1 fully saturated rings. The molecule has 18 heavy (non-hydrogen) atoms. The number of phenols is 1. The molecule has 1 saturated heterocycles. The average molecular weight is 253 g/mol. The highest BCUT2D eigenvalue weighted by Gasteiger charge is 2.18. The summed E-state index contributed by atoms with van der Waals surface area (Å²) in [6.45, 7) is 3.19. The Bertz CT molecular complexity index is 445. The SMILES string of the molecule is CN1CCN(NC(=O)c2ccc(F)cc2O)CC1. The zero-order valence-electron chi connectivity index (χ0n) is 10.2. The fourth-order valence-electron chi connectivity index (χ4n) is 1.82. The predicted molar refractivity (Wildman–Crippen MR) is 64.6 cm³/mol. The number of benzene rings is 1. The van der Waals surface area contributed by atoms with E-state index in [4.69, 9.17) is 0 Å². The molecule has 0 radical (unpaired) electrons. The lowest BCUT2D eigenvalue weighted by atomic mass is 10.2. The van der Waals surface area contributed by atoms with E-state index in [1.165, 1.54) is 6.07 Å². The van der Waals surface area contributed by atoms with Crippen molar-refractivity contribution in [2.75, 3.05) is 33.2 Å². The number of halogens is 1. The zero-order chi connectivity index (χ0) is 13.1. The van der Waals surface area contributed by atoms with E-state index in [0.717, 1.165) is 38.3 Å². The molecule has 6 heteroatoms. The molecule has 1 aliphatic rings. The van der Waals surface area contributed by atoms with Crippen LogP contribution in [0.3, 0.4) is 0 Å². The van der Waals surface area contributed by atoms with Crippen molar-refractivity contribution in [3.63, 3.8) is 0 Å². The lowest BCUT2D eigenvalue weighted by molar-refractivity contribution is 0.0660. The highest BCUT2D eigenvalue weighted by atomic mass is 19.1. The van der Waals surface area contributed by atoms with Gasteiger partial charge in [0.05, 0.1) is 5.56 Å². The van der Waals surface area contributed by atoms with E-state index in [0.29, 0.717) is 0 Å². The number of hydrogen-bond acceptors (Lipinski definition) is 4. The Morgan fingerprint density at radius 3 is 2.61 bits per heavy atom. The molecule has 0 aromatic heterocycles. The van der Waals surface area contributed by atoms with Gasteiger partial charge in [-0.25, -0.2) is 9.40 Å². The number of piperazine rings is 1. The number of hydrogen-bond donors (Lipinski definition) is 2. The standard InChI is InChI=1S/C12H16FN3O2/c1-15-4-6-16(7-5-15)14-12(18)10-3-2-9(13)8-11(10)17/h2-3,8,17H,4-7H2,1H3,(H,14,18). The Morgan fingerprint density at radius 2 is 2.00 bits per heavy atom. The van der Waals surface area contributed by atoms with Gasteiger partial charge >= 0.3 is 0 Å². The zero-order valence-corrected chi connectivity index (χ0v) is 10.2. The Kier molecular flexibility index (Phi) is 3.78. The van der Waals surface area contributed by atoms with Gasteiger partial charge in [-0.2, -0.15) is 0 Å². The van der Waals surface area contributed by atoms with Crippen LogP contribution in [0.4, 0.5) is 4.39 Å². The minimum atomic E-state index is -0.566. The van der Waals surface area contributed by atoms with E-state index in [1.54, 1.807) is 5.01 Å². The maximum absolute atomic E-state index is 12.8. The van der Waals surface area contributed by atoms with Crippen molar-refractivity contribution in [3.05, 3.63) is 29.6 Å². The normalized spacial score (nSPS) is 17.7. The van der Waals surface area contributed by atoms with Crippen LogP contribution >= 0.6 is 0 Å². The number of nitrogens with zero attached hydrogens (tertiary/aromatic N) is 2. The molecule has 2 N–H and O–H groups in total. The predicted octanol–water partition coefficient (Wildman–Crippen LogP) is 0.423. The monoisotopic (exact) mass is 253 g/mol. The Hall–Kier alpha value is -1.66. The molecule has 0 spiro atoms. The van der Waals surface area contributed by atoms with Crippen LogP contribution in [0.25, 0.3) is 0 Å². The van der Waals surface area contributed by atoms with Gasteiger partial charge in [0, 0.05) is 32.2 Å². The number of rotatable bonds is 2. The summed E-state index contributed by atoms with van der Waals surface area (Å²) in [5, 5.41) is 11.3. The third-order valence-corrected chi connectivity index (χ3v) is 2.97. The van der Waals surface area contributed by atoms with Crippen molar-refractivity contribution in [2.45, 2.75) is 0 Å². The summed E-state index contributed by atoms with van der Waals surface area (Å²) in [6.07, 6.45) is 0. The summed E-state index contributed by atoms with van der Waals surface area (Å²) in [5.41, 5.74) is 2.78. The molecule has 0 aliphatic carbocycles. The van der Waals surface area contributed by atoms with Crippen molar-refractivity contribution in [1.29, 1.82) is 0 Å². The number of aromatic hydroxyl groups is 1. The van der Waals surface area contributed by atoms with Gasteiger partial charge in [0.25, 0.3) is 5.91 Å². The van der Waals surface area contributed by atoms with Gasteiger partial charge in [-0.05, 0) is 19.2 Å². The van der Waals surface area contributed by atoms with Crippen LogP contribution in [0.1, 0.15) is 10.4 Å². The first-order chi connectivity index (χ1) is 8.56. The van der Waals surface area contributed by atoms with Gasteiger partial charge in [-0.15, -0.1) is 0 Å². The molecule has 1 amide bonds. The number of likely N-dealkylation sites (N-methyl/N-ethyl adjacent to an activating group) is 1. The largest absolute Gasteiger partial charge is 0.507 e. The van der Waals surface area contributed by atoms with E-state index in [9.17, 15) is 14.3 Å². The first-order valence-corrected chi connectivity index (χ1v) is 5.79. The second-order valence-electron chi connectivity index (χ2n) is 4.39. The lowest BCUT2D eigenvalue weighted by Crippen LogP contribution is -2.52. The summed E-state index contributed by atoms with van der Waals surface area (Å²) in [7, 11) is 2.02. The number of nitrogens with one attached hydrogen (secondary N) is 1. The maximum Gasteiger partial charge on any atom is 0.269 e. The summed E-state index contributed by atoms with van der Waals surface area (Å²) in [6, 6.07) is 3.35. The highest BCUT2D eigenvalue weighted by Crippen LogP contribution is 2.17. The van der Waals surface area contributed by atoms with Crippen LogP contribution in [-0.2, 0) is 0 Å². The van der Waals surface area contributed by atoms with Crippen molar-refractivity contribution in [1.82, 2.24) is 15.3 Å². The molecular weight excluding hydrogens is 237 g/mol. The molecule has 98 valence electrons. The van der Waals surface area contributed by atoms with E-state index in [2.05, 4.69) is 10.3 Å². The maximum atomic E-state index is 12.8. The molecule has 0 bridgehead atoms. The Morgan fingerprint density at radius 1 is 1.33 bits per heavy atom. The summed E-state index contributed by atoms with van der Waals surface area (Å²) in [4.78, 5) is 14.0. The minimum absolute atomic E-state index is 0.0790. The second kappa shape index (κ2) is 5.32. The first-order valence-electron chi connectivity index (χ1n) is 5.79. The number of hydrazine groups is 1. The Balaban J connectivity index is 1.99. The fourth-order valence-corrected chi connectivity index (χ4v) is 1.82. The van der Waals surface area contributed by atoms with E-state index < -0.39 is 11.7 Å². The van der Waals surface area contributed by atoms with Crippen LogP contribution in [0.15, 0.2) is 18.2 Å². The highest BCUT2D eigenvalue weighted by molar-refractivity contribution is 5.96. The average Bonchev–Trinajstić information content (AvgIpc) is 2.32.